The number of H-pyrrole nitrogens is 1. The summed E-state index contributed by atoms with van der Waals surface area (Å²) in [7, 11) is 0. The van der Waals surface area contributed by atoms with E-state index in [2.05, 4.69) is 33.6 Å². The first-order chi connectivity index (χ1) is 15.1. The Bertz CT molecular complexity index is 893. The molecular formula is C26H36N4O. The number of fused-ring (bicyclic) bond motifs is 4. The van der Waals surface area contributed by atoms with Gasteiger partial charge in [-0.3, -0.25) is 9.69 Å². The molecule has 5 rings (SSSR count). The molecule has 2 aromatic rings. The molecule has 3 aliphatic heterocycles. The second-order valence-electron chi connectivity index (χ2n) is 10.3. The Morgan fingerprint density at radius 3 is 2.84 bits per heavy atom. The van der Waals surface area contributed by atoms with Gasteiger partial charge in [-0.2, -0.15) is 0 Å². The van der Waals surface area contributed by atoms with Crippen molar-refractivity contribution in [1.82, 2.24) is 19.8 Å². The van der Waals surface area contributed by atoms with Crippen LogP contribution in [-0.2, 0) is 0 Å². The molecule has 166 valence electrons. The average molecular weight is 421 g/mol. The lowest BCUT2D eigenvalue weighted by molar-refractivity contribution is -0.0681. The fourth-order valence-corrected chi connectivity index (χ4v) is 6.44. The van der Waals surface area contributed by atoms with E-state index in [0.717, 1.165) is 36.0 Å². The molecule has 4 atom stereocenters. The standard InChI is InChI=1S/C26H36N4O/c1-18(2)10-11-24-20-15-19(23-9-5-6-14-30(23)24)16-29(17-20)26(31)22-8-4-3-7-21(22)25-27-12-13-28-25/h3-4,7-8,12-13,18-20,23-24H,5-6,9-11,14-17H2,1-2H3,(H,27,28)/t19-,20+,23+,24+/m1/s1. The van der Waals surface area contributed by atoms with Crippen LogP contribution in [-0.4, -0.2) is 57.4 Å². The molecule has 0 radical (unpaired) electrons. The van der Waals surface area contributed by atoms with Gasteiger partial charge in [0.1, 0.15) is 5.82 Å². The number of hydrogen-bond donors (Lipinski definition) is 1. The minimum atomic E-state index is 0.175. The van der Waals surface area contributed by atoms with Crippen LogP contribution in [0.2, 0.25) is 0 Å². The summed E-state index contributed by atoms with van der Waals surface area (Å²) in [4.78, 5) is 26.4. The van der Waals surface area contributed by atoms with Crippen molar-refractivity contribution in [2.75, 3.05) is 19.6 Å². The van der Waals surface area contributed by atoms with Crippen LogP contribution in [0.15, 0.2) is 36.7 Å². The maximum atomic E-state index is 13.8. The second-order valence-corrected chi connectivity index (χ2v) is 10.3. The zero-order valence-corrected chi connectivity index (χ0v) is 19.0. The van der Waals surface area contributed by atoms with Crippen LogP contribution in [0.25, 0.3) is 11.4 Å². The van der Waals surface area contributed by atoms with E-state index in [0.29, 0.717) is 23.9 Å². The zero-order chi connectivity index (χ0) is 21.4. The van der Waals surface area contributed by atoms with Gasteiger partial charge in [-0.25, -0.2) is 4.98 Å². The number of piperidine rings is 3. The van der Waals surface area contributed by atoms with Crippen molar-refractivity contribution < 1.29 is 4.79 Å². The van der Waals surface area contributed by atoms with Gasteiger partial charge >= 0.3 is 0 Å². The smallest absolute Gasteiger partial charge is 0.254 e. The van der Waals surface area contributed by atoms with Gasteiger partial charge < -0.3 is 9.88 Å². The van der Waals surface area contributed by atoms with Crippen molar-refractivity contribution in [3.05, 3.63) is 42.2 Å². The molecule has 1 aromatic heterocycles. The number of hydrogen-bond acceptors (Lipinski definition) is 3. The fraction of sp³-hybridized carbons (Fsp3) is 0.615. The maximum Gasteiger partial charge on any atom is 0.254 e. The van der Waals surface area contributed by atoms with Gasteiger partial charge in [-0.05, 0) is 62.5 Å². The highest BCUT2D eigenvalue weighted by Crippen LogP contribution is 2.43. The molecule has 3 saturated heterocycles. The van der Waals surface area contributed by atoms with E-state index < -0.39 is 0 Å². The third-order valence-corrected chi connectivity index (χ3v) is 7.86. The Labute approximate surface area is 186 Å². The maximum absolute atomic E-state index is 13.8. The number of rotatable bonds is 5. The molecule has 2 bridgehead atoms. The van der Waals surface area contributed by atoms with Crippen molar-refractivity contribution in [2.45, 2.75) is 64.5 Å². The summed E-state index contributed by atoms with van der Waals surface area (Å²) < 4.78 is 0. The normalized spacial score (nSPS) is 28.5. The summed E-state index contributed by atoms with van der Waals surface area (Å²) in [6.45, 7) is 7.73. The Balaban J connectivity index is 1.41. The first kappa shape index (κ1) is 20.7. The number of aromatic nitrogens is 2. The van der Waals surface area contributed by atoms with E-state index in [1.54, 1.807) is 6.20 Å². The Morgan fingerprint density at radius 1 is 1.19 bits per heavy atom. The third kappa shape index (κ3) is 4.05. The van der Waals surface area contributed by atoms with Crippen LogP contribution in [0, 0.1) is 17.8 Å². The monoisotopic (exact) mass is 420 g/mol. The molecule has 31 heavy (non-hydrogen) atoms. The first-order valence-corrected chi connectivity index (χ1v) is 12.3. The van der Waals surface area contributed by atoms with E-state index in [1.165, 1.54) is 45.1 Å². The van der Waals surface area contributed by atoms with Crippen LogP contribution >= 0.6 is 0 Å². The highest BCUT2D eigenvalue weighted by Gasteiger charge is 2.47. The summed E-state index contributed by atoms with van der Waals surface area (Å²) in [5, 5.41) is 0. The Morgan fingerprint density at radius 2 is 2.03 bits per heavy atom. The summed E-state index contributed by atoms with van der Waals surface area (Å²) in [6, 6.07) is 9.23. The molecule has 4 heterocycles. The molecular weight excluding hydrogens is 384 g/mol. The molecule has 5 nitrogen and oxygen atoms in total. The zero-order valence-electron chi connectivity index (χ0n) is 19.0. The summed E-state index contributed by atoms with van der Waals surface area (Å²) in [6.07, 6.45) is 11.4. The largest absolute Gasteiger partial charge is 0.345 e. The van der Waals surface area contributed by atoms with Gasteiger partial charge in [0.15, 0.2) is 0 Å². The molecule has 1 amide bonds. The lowest BCUT2D eigenvalue weighted by Gasteiger charge is -2.57. The van der Waals surface area contributed by atoms with Gasteiger partial charge in [0.05, 0.1) is 5.56 Å². The minimum Gasteiger partial charge on any atom is -0.345 e. The van der Waals surface area contributed by atoms with Gasteiger partial charge in [0, 0.05) is 43.1 Å². The molecule has 3 aliphatic rings. The lowest BCUT2D eigenvalue weighted by Crippen LogP contribution is -2.64. The van der Waals surface area contributed by atoms with E-state index >= 15 is 0 Å². The molecule has 5 heteroatoms. The summed E-state index contributed by atoms with van der Waals surface area (Å²) in [5.41, 5.74) is 1.68. The average Bonchev–Trinajstić information content (AvgIpc) is 3.33. The van der Waals surface area contributed by atoms with Crippen LogP contribution < -0.4 is 0 Å². The van der Waals surface area contributed by atoms with Crippen LogP contribution in [0.5, 0.6) is 0 Å². The van der Waals surface area contributed by atoms with E-state index in [1.807, 2.05) is 30.5 Å². The number of carbonyl (C=O) groups excluding carboxylic acids is 1. The van der Waals surface area contributed by atoms with Gasteiger partial charge in [-0.15, -0.1) is 0 Å². The SMILES string of the molecule is CC(C)CC[C@H]1[C@H]2C[C@H](CN(C(=O)c3ccccc3-c3ncc[nH]3)C2)[C@@H]2CCCCN21. The van der Waals surface area contributed by atoms with E-state index in [9.17, 15) is 4.79 Å². The van der Waals surface area contributed by atoms with E-state index in [-0.39, 0.29) is 5.91 Å². The Hall–Kier alpha value is -2.14. The number of carbonyl (C=O) groups is 1. The first-order valence-electron chi connectivity index (χ1n) is 12.3. The topological polar surface area (TPSA) is 52.2 Å². The van der Waals surface area contributed by atoms with Crippen molar-refractivity contribution >= 4 is 5.91 Å². The molecule has 1 N–H and O–H groups in total. The molecule has 0 spiro atoms. The number of likely N-dealkylation sites (tertiary alicyclic amines) is 1. The van der Waals surface area contributed by atoms with Gasteiger partial charge in [0.25, 0.3) is 5.91 Å². The number of nitrogens with one attached hydrogen (secondary N) is 1. The van der Waals surface area contributed by atoms with Crippen LogP contribution in [0.1, 0.15) is 62.7 Å². The molecule has 0 unspecified atom stereocenters. The van der Waals surface area contributed by atoms with Crippen molar-refractivity contribution in [2.24, 2.45) is 17.8 Å². The van der Waals surface area contributed by atoms with Crippen LogP contribution in [0.3, 0.4) is 0 Å². The predicted octanol–water partition coefficient (Wildman–Crippen LogP) is 4.83. The number of nitrogens with zero attached hydrogens (tertiary/aromatic N) is 3. The summed E-state index contributed by atoms with van der Waals surface area (Å²) in [5.74, 6) is 2.91. The Kier molecular flexibility index (Phi) is 5.87. The highest BCUT2D eigenvalue weighted by molar-refractivity contribution is 6.00. The number of amides is 1. The number of imidazole rings is 1. The molecule has 3 fully saturated rings. The fourth-order valence-electron chi connectivity index (χ4n) is 6.44. The van der Waals surface area contributed by atoms with Crippen LogP contribution in [0.4, 0.5) is 0 Å². The van der Waals surface area contributed by atoms with Crippen molar-refractivity contribution in [3.63, 3.8) is 0 Å². The molecule has 0 saturated carbocycles. The predicted molar refractivity (Wildman–Crippen MR) is 124 cm³/mol. The minimum absolute atomic E-state index is 0.175. The number of aromatic amines is 1. The quantitative estimate of drug-likeness (QED) is 0.754. The van der Waals surface area contributed by atoms with Gasteiger partial charge in [0.2, 0.25) is 0 Å². The van der Waals surface area contributed by atoms with Gasteiger partial charge in [-0.1, -0.05) is 38.5 Å². The van der Waals surface area contributed by atoms with E-state index in [4.69, 9.17) is 0 Å². The second kappa shape index (κ2) is 8.78. The summed E-state index contributed by atoms with van der Waals surface area (Å²) >= 11 is 0. The molecule has 0 aliphatic carbocycles. The highest BCUT2D eigenvalue weighted by atomic mass is 16.2. The van der Waals surface area contributed by atoms with Crippen molar-refractivity contribution in [1.29, 1.82) is 0 Å². The lowest BCUT2D eigenvalue weighted by atomic mass is 9.71. The molecule has 1 aromatic carbocycles. The number of benzene rings is 1. The van der Waals surface area contributed by atoms with Crippen molar-refractivity contribution in [3.8, 4) is 11.4 Å². The third-order valence-electron chi connectivity index (χ3n) is 7.86.